The molecule has 1 unspecified atom stereocenters. The topological polar surface area (TPSA) is 45.3 Å². The van der Waals surface area contributed by atoms with Gasteiger partial charge in [-0.15, -0.1) is 13.2 Å². The number of hydrogen-bond donors (Lipinski definition) is 0. The summed E-state index contributed by atoms with van der Waals surface area (Å²) in [5.41, 5.74) is 5.36. The summed E-state index contributed by atoms with van der Waals surface area (Å²) in [5.74, 6) is -0.277. The minimum absolute atomic E-state index is 0.0359. The zero-order valence-electron chi connectivity index (χ0n) is 28.2. The first kappa shape index (κ1) is 36.7. The lowest BCUT2D eigenvalue weighted by Gasteiger charge is -2.42. The van der Waals surface area contributed by atoms with Crippen LogP contribution in [0.5, 0.6) is 0 Å². The zero-order chi connectivity index (χ0) is 33.6. The van der Waals surface area contributed by atoms with Crippen molar-refractivity contribution in [1.82, 2.24) is 14.7 Å². The van der Waals surface area contributed by atoms with E-state index in [0.717, 1.165) is 49.3 Å². The number of rotatable bonds is 12. The van der Waals surface area contributed by atoms with Gasteiger partial charge in [0.05, 0.1) is 12.7 Å². The van der Waals surface area contributed by atoms with Crippen LogP contribution in [0, 0.1) is 13.8 Å². The van der Waals surface area contributed by atoms with Crippen molar-refractivity contribution in [2.45, 2.75) is 103 Å². The molecular formula is C36H51ClF3N3O3. The van der Waals surface area contributed by atoms with E-state index in [1.165, 1.54) is 11.1 Å². The fraction of sp³-hybridized carbons (Fsp3) is 0.639. The molecule has 10 heteroatoms. The number of piperazine rings is 1. The largest absolute Gasteiger partial charge is 0.522 e. The Morgan fingerprint density at radius 1 is 0.978 bits per heavy atom. The third-order valence-electron chi connectivity index (χ3n) is 9.86. The van der Waals surface area contributed by atoms with Gasteiger partial charge in [0.2, 0.25) is 0 Å². The van der Waals surface area contributed by atoms with E-state index >= 15 is 0 Å². The molecule has 6 nitrogen and oxygen atoms in total. The molecule has 1 heterocycles. The second kappa shape index (κ2) is 16.3. The van der Waals surface area contributed by atoms with E-state index in [2.05, 4.69) is 52.3 Å². The van der Waals surface area contributed by atoms with Crippen molar-refractivity contribution in [3.8, 4) is 0 Å². The molecule has 0 amide bonds. The van der Waals surface area contributed by atoms with Gasteiger partial charge < -0.3 is 4.74 Å². The van der Waals surface area contributed by atoms with Crippen LogP contribution < -0.4 is 0 Å². The molecule has 46 heavy (non-hydrogen) atoms. The maximum Gasteiger partial charge on any atom is 0.522 e. The van der Waals surface area contributed by atoms with Gasteiger partial charge in [-0.3, -0.25) is 19.4 Å². The first-order valence-electron chi connectivity index (χ1n) is 16.7. The van der Waals surface area contributed by atoms with Crippen molar-refractivity contribution >= 4 is 17.6 Å². The van der Waals surface area contributed by atoms with E-state index in [4.69, 9.17) is 16.3 Å². The lowest BCUT2D eigenvalue weighted by atomic mass is 9.77. The minimum Gasteiger partial charge on any atom is -0.465 e. The molecule has 0 N–H and O–H groups in total. The molecule has 2 aromatic carbocycles. The number of carbonyl (C=O) groups excluding carboxylic acids is 1. The zero-order valence-corrected chi connectivity index (χ0v) is 29.0. The van der Waals surface area contributed by atoms with Gasteiger partial charge >= 0.3 is 12.3 Å². The number of nitrogens with zero attached hydrogens (tertiary/aromatic N) is 3. The number of aryl methyl sites for hydroxylation is 2. The number of likely N-dealkylation sites (N-methyl/N-ethyl adjacent to an activating group) is 1. The van der Waals surface area contributed by atoms with Gasteiger partial charge in [0.1, 0.15) is 6.04 Å². The molecule has 0 aromatic heterocycles. The van der Waals surface area contributed by atoms with Crippen molar-refractivity contribution in [2.75, 3.05) is 46.4 Å². The van der Waals surface area contributed by atoms with Gasteiger partial charge in [-0.1, -0.05) is 35.9 Å². The normalized spacial score (nSPS) is 21.5. The van der Waals surface area contributed by atoms with Crippen molar-refractivity contribution in [1.29, 1.82) is 0 Å². The monoisotopic (exact) mass is 665 g/mol. The van der Waals surface area contributed by atoms with Crippen LogP contribution in [0.25, 0.3) is 0 Å². The number of esters is 1. The molecule has 0 spiro atoms. The Bertz CT molecular complexity index is 1290. The van der Waals surface area contributed by atoms with Crippen LogP contribution in [0.2, 0.25) is 5.02 Å². The van der Waals surface area contributed by atoms with Crippen LogP contribution in [-0.4, -0.2) is 85.6 Å². The molecule has 0 bridgehead atoms. The van der Waals surface area contributed by atoms with Gasteiger partial charge in [-0.25, -0.2) is 4.79 Å². The summed E-state index contributed by atoms with van der Waals surface area (Å²) in [6, 6.07) is 12.0. The van der Waals surface area contributed by atoms with E-state index in [1.807, 2.05) is 45.2 Å². The SMILES string of the molecule is CCOC(=O)C(c1cccc(C)c1C1CCC(OC(F)(F)F)CC1)N(C)CC[C@@H](c1cc(Cl)ccc1C)N1CCN(C(C)C)CC1. The molecule has 2 atom stereocenters. The second-order valence-electron chi connectivity index (χ2n) is 13.2. The van der Waals surface area contributed by atoms with Crippen LogP contribution >= 0.6 is 11.6 Å². The van der Waals surface area contributed by atoms with Crippen LogP contribution in [-0.2, 0) is 14.3 Å². The van der Waals surface area contributed by atoms with Gasteiger partial charge in [-0.2, -0.15) is 0 Å². The van der Waals surface area contributed by atoms with Crippen LogP contribution in [0.4, 0.5) is 13.2 Å². The highest BCUT2D eigenvalue weighted by atomic mass is 35.5. The Morgan fingerprint density at radius 3 is 2.24 bits per heavy atom. The Balaban J connectivity index is 1.60. The number of ether oxygens (including phenoxy) is 2. The average molecular weight is 666 g/mol. The number of carbonyl (C=O) groups is 1. The molecule has 1 saturated carbocycles. The van der Waals surface area contributed by atoms with Crippen LogP contribution in [0.1, 0.15) is 98.7 Å². The molecule has 2 aromatic rings. The number of hydrogen-bond acceptors (Lipinski definition) is 6. The molecule has 1 saturated heterocycles. The van der Waals surface area contributed by atoms with Gasteiger partial charge in [0.15, 0.2) is 0 Å². The second-order valence-corrected chi connectivity index (χ2v) is 13.7. The standard InChI is InChI=1S/C36H51ClF3N3O3/c1-7-45-35(44)34(30-10-8-9-26(5)33(30)27-12-15-29(16-13-27)46-36(38,39)40)41(6)18-17-32(31-23-28(37)14-11-25(31)4)43-21-19-42(20-22-43)24(2)3/h8-11,14,23-24,27,29,32,34H,7,12-13,15-22H2,1-6H3/t27?,29?,32-,34?/m0/s1. The highest BCUT2D eigenvalue weighted by Crippen LogP contribution is 2.42. The van der Waals surface area contributed by atoms with Crippen molar-refractivity contribution in [3.63, 3.8) is 0 Å². The Hall–Kier alpha value is -2.17. The summed E-state index contributed by atoms with van der Waals surface area (Å²) in [4.78, 5) is 20.9. The predicted octanol–water partition coefficient (Wildman–Crippen LogP) is 8.21. The van der Waals surface area contributed by atoms with E-state index in [-0.39, 0.29) is 24.5 Å². The highest BCUT2D eigenvalue weighted by Gasteiger charge is 2.38. The molecule has 1 aliphatic carbocycles. The maximum atomic E-state index is 13.7. The third kappa shape index (κ3) is 9.47. The van der Waals surface area contributed by atoms with Gasteiger partial charge in [0.25, 0.3) is 0 Å². The fourth-order valence-electron chi connectivity index (χ4n) is 7.45. The summed E-state index contributed by atoms with van der Waals surface area (Å²) >= 11 is 6.52. The number of halogens is 4. The van der Waals surface area contributed by atoms with Crippen molar-refractivity contribution in [2.24, 2.45) is 0 Å². The first-order chi connectivity index (χ1) is 21.8. The van der Waals surface area contributed by atoms with E-state index in [9.17, 15) is 18.0 Å². The highest BCUT2D eigenvalue weighted by molar-refractivity contribution is 6.30. The Kier molecular flexibility index (Phi) is 13.0. The molecule has 256 valence electrons. The summed E-state index contributed by atoms with van der Waals surface area (Å²) in [5, 5.41) is 0.712. The van der Waals surface area contributed by atoms with Crippen LogP contribution in [0.15, 0.2) is 36.4 Å². The van der Waals surface area contributed by atoms with Gasteiger partial charge in [-0.05, 0) is 120 Å². The molecular weight excluding hydrogens is 615 g/mol. The number of alkyl halides is 3. The molecule has 2 aliphatic rings. The lowest BCUT2D eigenvalue weighted by molar-refractivity contribution is -0.345. The van der Waals surface area contributed by atoms with Crippen molar-refractivity contribution < 1.29 is 27.4 Å². The Morgan fingerprint density at radius 2 is 1.63 bits per heavy atom. The molecule has 0 radical (unpaired) electrons. The van der Waals surface area contributed by atoms with E-state index < -0.39 is 18.5 Å². The van der Waals surface area contributed by atoms with Gasteiger partial charge in [0, 0.05) is 49.8 Å². The lowest BCUT2D eigenvalue weighted by Crippen LogP contribution is -2.50. The molecule has 1 aliphatic heterocycles. The fourth-order valence-corrected chi connectivity index (χ4v) is 7.63. The maximum absolute atomic E-state index is 13.7. The smallest absolute Gasteiger partial charge is 0.465 e. The minimum atomic E-state index is -4.63. The quantitative estimate of drug-likeness (QED) is 0.213. The summed E-state index contributed by atoms with van der Waals surface area (Å²) in [6.07, 6.45) is -2.90. The van der Waals surface area contributed by atoms with Crippen molar-refractivity contribution in [3.05, 3.63) is 69.2 Å². The summed E-state index contributed by atoms with van der Waals surface area (Å²) in [6.45, 7) is 15.2. The molecule has 4 rings (SSSR count). The number of benzene rings is 2. The molecule has 2 fully saturated rings. The average Bonchev–Trinajstić information content (AvgIpc) is 2.99. The summed E-state index contributed by atoms with van der Waals surface area (Å²) in [7, 11) is 1.97. The first-order valence-corrected chi connectivity index (χ1v) is 17.1. The summed E-state index contributed by atoms with van der Waals surface area (Å²) < 4.78 is 48.7. The predicted molar refractivity (Wildman–Crippen MR) is 177 cm³/mol. The third-order valence-corrected chi connectivity index (χ3v) is 10.1. The Labute approximate surface area is 278 Å². The van der Waals surface area contributed by atoms with Crippen LogP contribution in [0.3, 0.4) is 0 Å². The van der Waals surface area contributed by atoms with E-state index in [1.54, 1.807) is 0 Å². The van der Waals surface area contributed by atoms with E-state index in [0.29, 0.717) is 43.3 Å².